The molecular formula is C12H13N3O2. The number of aromatic nitrogens is 3. The predicted molar refractivity (Wildman–Crippen MR) is 61.9 cm³/mol. The van der Waals surface area contributed by atoms with Crippen LogP contribution < -0.4 is 0 Å². The molecule has 0 saturated heterocycles. The molecule has 0 aliphatic heterocycles. The maximum atomic E-state index is 10.7. The number of carboxylic acid groups (broad SMARTS) is 1. The monoisotopic (exact) mass is 231 g/mol. The van der Waals surface area contributed by atoms with Gasteiger partial charge >= 0.3 is 5.97 Å². The number of hydrogen-bond donors (Lipinski definition) is 1. The lowest BCUT2D eigenvalue weighted by molar-refractivity contribution is 0.0697. The average molecular weight is 231 g/mol. The van der Waals surface area contributed by atoms with Gasteiger partial charge in [-0.2, -0.15) is 0 Å². The van der Waals surface area contributed by atoms with Gasteiger partial charge in [0.15, 0.2) is 0 Å². The molecule has 1 aromatic carbocycles. The fourth-order valence-corrected chi connectivity index (χ4v) is 1.60. The van der Waals surface area contributed by atoms with E-state index in [9.17, 15) is 4.79 Å². The molecule has 0 atom stereocenters. The predicted octanol–water partition coefficient (Wildman–Crippen LogP) is 1.53. The number of benzene rings is 1. The first kappa shape index (κ1) is 11.3. The first-order valence-corrected chi connectivity index (χ1v) is 5.33. The zero-order valence-electron chi connectivity index (χ0n) is 9.50. The van der Waals surface area contributed by atoms with Crippen LogP contribution >= 0.6 is 0 Å². The molecule has 0 spiro atoms. The molecule has 0 fully saturated rings. The van der Waals surface area contributed by atoms with Crippen molar-refractivity contribution in [3.63, 3.8) is 0 Å². The van der Waals surface area contributed by atoms with Crippen LogP contribution in [0.15, 0.2) is 30.6 Å². The van der Waals surface area contributed by atoms with E-state index in [1.54, 1.807) is 18.5 Å². The van der Waals surface area contributed by atoms with Crippen LogP contribution in [0.4, 0.5) is 0 Å². The van der Waals surface area contributed by atoms with Crippen molar-refractivity contribution in [2.45, 2.75) is 19.9 Å². The van der Waals surface area contributed by atoms with Crippen molar-refractivity contribution in [3.05, 3.63) is 47.5 Å². The normalized spacial score (nSPS) is 10.4. The number of carboxylic acids is 1. The largest absolute Gasteiger partial charge is 0.478 e. The van der Waals surface area contributed by atoms with Gasteiger partial charge in [-0.05, 0) is 31.0 Å². The molecule has 0 amide bonds. The second-order valence-corrected chi connectivity index (χ2v) is 3.82. The van der Waals surface area contributed by atoms with E-state index in [4.69, 9.17) is 5.11 Å². The Bertz CT molecular complexity index is 517. The van der Waals surface area contributed by atoms with Gasteiger partial charge in [-0.3, -0.25) is 0 Å². The van der Waals surface area contributed by atoms with Gasteiger partial charge in [-0.25, -0.2) is 4.79 Å². The van der Waals surface area contributed by atoms with Gasteiger partial charge in [-0.15, -0.1) is 10.2 Å². The topological polar surface area (TPSA) is 68.0 Å². The SMILES string of the molecule is Cc1nncn1CCc1ccc(C(=O)O)cc1. The Balaban J connectivity index is 2.00. The molecule has 1 N–H and O–H groups in total. The zero-order chi connectivity index (χ0) is 12.3. The van der Waals surface area contributed by atoms with E-state index in [1.165, 1.54) is 0 Å². The van der Waals surface area contributed by atoms with Crippen LogP contribution in [0, 0.1) is 6.92 Å². The van der Waals surface area contributed by atoms with Gasteiger partial charge in [0.05, 0.1) is 5.56 Å². The Hall–Kier alpha value is -2.17. The molecule has 0 radical (unpaired) electrons. The first-order chi connectivity index (χ1) is 8.16. The Labute approximate surface area is 98.7 Å². The maximum Gasteiger partial charge on any atom is 0.335 e. The molecule has 0 aliphatic carbocycles. The van der Waals surface area contributed by atoms with Crippen LogP contribution in [-0.4, -0.2) is 25.8 Å². The van der Waals surface area contributed by atoms with Crippen molar-refractivity contribution in [1.82, 2.24) is 14.8 Å². The lowest BCUT2D eigenvalue weighted by atomic mass is 10.1. The number of aromatic carboxylic acids is 1. The van der Waals surface area contributed by atoms with Crippen molar-refractivity contribution in [3.8, 4) is 0 Å². The van der Waals surface area contributed by atoms with Crippen molar-refractivity contribution in [2.75, 3.05) is 0 Å². The summed E-state index contributed by atoms with van der Waals surface area (Å²) < 4.78 is 1.96. The summed E-state index contributed by atoms with van der Waals surface area (Å²) in [6.45, 7) is 2.70. The second kappa shape index (κ2) is 4.78. The van der Waals surface area contributed by atoms with E-state index in [0.29, 0.717) is 5.56 Å². The fraction of sp³-hybridized carbons (Fsp3) is 0.250. The van der Waals surface area contributed by atoms with Crippen molar-refractivity contribution in [2.24, 2.45) is 0 Å². The van der Waals surface area contributed by atoms with Gasteiger partial charge in [0.2, 0.25) is 0 Å². The van der Waals surface area contributed by atoms with Crippen LogP contribution in [0.2, 0.25) is 0 Å². The number of rotatable bonds is 4. The highest BCUT2D eigenvalue weighted by Crippen LogP contribution is 2.06. The second-order valence-electron chi connectivity index (χ2n) is 3.82. The van der Waals surface area contributed by atoms with Gasteiger partial charge < -0.3 is 9.67 Å². The Kier molecular flexibility index (Phi) is 3.18. The zero-order valence-corrected chi connectivity index (χ0v) is 9.50. The van der Waals surface area contributed by atoms with Gasteiger partial charge in [0, 0.05) is 6.54 Å². The van der Waals surface area contributed by atoms with E-state index in [1.807, 2.05) is 23.6 Å². The van der Waals surface area contributed by atoms with E-state index < -0.39 is 5.97 Å². The highest BCUT2D eigenvalue weighted by atomic mass is 16.4. The van der Waals surface area contributed by atoms with Crippen molar-refractivity contribution in [1.29, 1.82) is 0 Å². The lowest BCUT2D eigenvalue weighted by Gasteiger charge is -2.04. The summed E-state index contributed by atoms with van der Waals surface area (Å²) in [5, 5.41) is 16.5. The molecule has 5 heteroatoms. The Morgan fingerprint density at radius 3 is 2.59 bits per heavy atom. The van der Waals surface area contributed by atoms with Crippen LogP contribution in [-0.2, 0) is 13.0 Å². The quantitative estimate of drug-likeness (QED) is 0.866. The summed E-state index contributed by atoms with van der Waals surface area (Å²) in [6.07, 6.45) is 2.53. The molecule has 1 heterocycles. The van der Waals surface area contributed by atoms with E-state index in [-0.39, 0.29) is 0 Å². The van der Waals surface area contributed by atoms with E-state index in [2.05, 4.69) is 10.2 Å². The minimum atomic E-state index is -0.897. The van der Waals surface area contributed by atoms with Crippen LogP contribution in [0.25, 0.3) is 0 Å². The van der Waals surface area contributed by atoms with Crippen LogP contribution in [0.5, 0.6) is 0 Å². The lowest BCUT2D eigenvalue weighted by Crippen LogP contribution is -2.03. The molecular weight excluding hydrogens is 218 g/mol. The summed E-state index contributed by atoms with van der Waals surface area (Å²) in [7, 11) is 0. The van der Waals surface area contributed by atoms with Crippen molar-refractivity contribution >= 4 is 5.97 Å². The smallest absolute Gasteiger partial charge is 0.335 e. The molecule has 0 bridgehead atoms. The fourth-order valence-electron chi connectivity index (χ4n) is 1.60. The first-order valence-electron chi connectivity index (χ1n) is 5.33. The molecule has 0 saturated carbocycles. The highest BCUT2D eigenvalue weighted by Gasteiger charge is 2.02. The van der Waals surface area contributed by atoms with E-state index in [0.717, 1.165) is 24.4 Å². The highest BCUT2D eigenvalue weighted by molar-refractivity contribution is 5.87. The third-order valence-electron chi connectivity index (χ3n) is 2.65. The average Bonchev–Trinajstić information content (AvgIpc) is 2.73. The molecule has 0 aliphatic rings. The number of carbonyl (C=O) groups is 1. The summed E-state index contributed by atoms with van der Waals surface area (Å²) in [5.41, 5.74) is 1.41. The van der Waals surface area contributed by atoms with Gasteiger partial charge in [-0.1, -0.05) is 12.1 Å². The minimum Gasteiger partial charge on any atom is -0.478 e. The van der Waals surface area contributed by atoms with Crippen LogP contribution in [0.3, 0.4) is 0 Å². The summed E-state index contributed by atoms with van der Waals surface area (Å²) in [6, 6.07) is 6.92. The number of hydrogen-bond acceptors (Lipinski definition) is 3. The molecule has 2 rings (SSSR count). The van der Waals surface area contributed by atoms with Gasteiger partial charge in [0.25, 0.3) is 0 Å². The summed E-state index contributed by atoms with van der Waals surface area (Å²) in [5.74, 6) is -0.0154. The molecule has 0 unspecified atom stereocenters. The van der Waals surface area contributed by atoms with Crippen LogP contribution in [0.1, 0.15) is 21.7 Å². The van der Waals surface area contributed by atoms with Crippen molar-refractivity contribution < 1.29 is 9.90 Å². The summed E-state index contributed by atoms with van der Waals surface area (Å²) >= 11 is 0. The number of nitrogens with zero attached hydrogens (tertiary/aromatic N) is 3. The summed E-state index contributed by atoms with van der Waals surface area (Å²) in [4.78, 5) is 10.7. The molecule has 17 heavy (non-hydrogen) atoms. The van der Waals surface area contributed by atoms with Gasteiger partial charge in [0.1, 0.15) is 12.2 Å². The Morgan fingerprint density at radius 1 is 1.35 bits per heavy atom. The molecule has 5 nitrogen and oxygen atoms in total. The number of aryl methyl sites for hydroxylation is 3. The third-order valence-corrected chi connectivity index (χ3v) is 2.65. The molecule has 1 aromatic heterocycles. The molecule has 88 valence electrons. The maximum absolute atomic E-state index is 10.7. The van der Waals surface area contributed by atoms with E-state index >= 15 is 0 Å². The standard InChI is InChI=1S/C12H13N3O2/c1-9-14-13-8-15(9)7-6-10-2-4-11(5-3-10)12(16)17/h2-5,8H,6-7H2,1H3,(H,16,17). The molecule has 2 aromatic rings. The Morgan fingerprint density at radius 2 is 2.06 bits per heavy atom. The minimum absolute atomic E-state index is 0.314. The third kappa shape index (κ3) is 2.69.